The fourth-order valence-electron chi connectivity index (χ4n) is 3.28. The maximum Gasteiger partial charge on any atom is 0.317 e. The topological polar surface area (TPSA) is 78.7 Å². The first-order valence-electron chi connectivity index (χ1n) is 8.42. The average molecular weight is 327 g/mol. The van der Waals surface area contributed by atoms with Gasteiger partial charge < -0.3 is 15.1 Å². The molecule has 1 N–H and O–H groups in total. The summed E-state index contributed by atoms with van der Waals surface area (Å²) in [6.45, 7) is 2.89. The molecule has 1 aliphatic carbocycles. The number of hydrogen-bond donors (Lipinski definition) is 1. The number of carbonyl (C=O) groups excluding carboxylic acids is 1. The summed E-state index contributed by atoms with van der Waals surface area (Å²) in [4.78, 5) is 24.9. The van der Waals surface area contributed by atoms with Gasteiger partial charge in [-0.05, 0) is 19.3 Å². The number of fused-ring (bicyclic) bond motifs is 1. The molecule has 1 fully saturated rings. The van der Waals surface area contributed by atoms with Gasteiger partial charge in [-0.1, -0.05) is 12.2 Å². The number of anilines is 1. The van der Waals surface area contributed by atoms with Crippen LogP contribution in [0.2, 0.25) is 0 Å². The summed E-state index contributed by atoms with van der Waals surface area (Å²) in [5, 5.41) is 7.36. The van der Waals surface area contributed by atoms with Gasteiger partial charge in [0.15, 0.2) is 11.5 Å². The fraction of sp³-hybridized carbons (Fsp3) is 0.500. The van der Waals surface area contributed by atoms with Crippen molar-refractivity contribution in [2.24, 2.45) is 0 Å². The molecule has 1 atom stereocenters. The predicted molar refractivity (Wildman–Crippen MR) is 89.9 cm³/mol. The molecule has 0 aromatic carbocycles. The molecule has 1 aliphatic heterocycles. The van der Waals surface area contributed by atoms with Crippen LogP contribution in [0.15, 0.2) is 30.9 Å². The van der Waals surface area contributed by atoms with E-state index in [9.17, 15) is 4.79 Å². The Hall–Kier alpha value is -2.64. The van der Waals surface area contributed by atoms with Crippen LogP contribution in [0.4, 0.5) is 10.6 Å². The van der Waals surface area contributed by atoms with Gasteiger partial charge >= 0.3 is 6.03 Å². The maximum absolute atomic E-state index is 12.4. The van der Waals surface area contributed by atoms with Crippen molar-refractivity contribution in [1.82, 2.24) is 29.8 Å². The Balaban J connectivity index is 1.38. The van der Waals surface area contributed by atoms with Crippen LogP contribution in [0, 0.1) is 0 Å². The largest absolute Gasteiger partial charge is 0.352 e. The number of nitrogens with zero attached hydrogens (tertiary/aromatic N) is 6. The van der Waals surface area contributed by atoms with Gasteiger partial charge in [0, 0.05) is 32.2 Å². The molecular weight excluding hydrogens is 306 g/mol. The van der Waals surface area contributed by atoms with Gasteiger partial charge in [-0.3, -0.25) is 4.98 Å². The zero-order valence-electron chi connectivity index (χ0n) is 13.5. The van der Waals surface area contributed by atoms with E-state index in [1.165, 1.54) is 6.33 Å². The lowest BCUT2D eigenvalue weighted by Gasteiger charge is -2.36. The standard InChI is InChI=1S/C16H21N7O/c24-16(20-13-4-2-1-3-5-13)22-8-6-21(7-9-22)15-11-17-10-14-18-12-19-23(14)15/h2,4,10-13H,1,3,5-9H2,(H,20,24)/t13-/m0/s1. The zero-order chi connectivity index (χ0) is 16.4. The molecule has 0 saturated carbocycles. The molecule has 0 radical (unpaired) electrons. The molecule has 2 aliphatic rings. The molecule has 2 amide bonds. The first kappa shape index (κ1) is 14.9. The summed E-state index contributed by atoms with van der Waals surface area (Å²) < 4.78 is 1.79. The summed E-state index contributed by atoms with van der Waals surface area (Å²) in [6, 6.07) is 0.209. The van der Waals surface area contributed by atoms with E-state index in [4.69, 9.17) is 0 Å². The van der Waals surface area contributed by atoms with Gasteiger partial charge in [-0.2, -0.15) is 9.61 Å². The van der Waals surface area contributed by atoms with Gasteiger partial charge in [0.1, 0.15) is 6.33 Å². The van der Waals surface area contributed by atoms with E-state index in [0.29, 0.717) is 13.1 Å². The second-order valence-corrected chi connectivity index (χ2v) is 6.18. The second kappa shape index (κ2) is 6.46. The molecule has 2 aromatic rings. The molecule has 3 heterocycles. The normalized spacial score (nSPS) is 21.2. The van der Waals surface area contributed by atoms with Crippen molar-refractivity contribution >= 4 is 17.5 Å². The van der Waals surface area contributed by atoms with Crippen LogP contribution in [0.25, 0.3) is 5.65 Å². The molecule has 2 aromatic heterocycles. The molecule has 24 heavy (non-hydrogen) atoms. The van der Waals surface area contributed by atoms with Crippen molar-refractivity contribution in [3.63, 3.8) is 0 Å². The van der Waals surface area contributed by atoms with Gasteiger partial charge in [-0.15, -0.1) is 0 Å². The van der Waals surface area contributed by atoms with Gasteiger partial charge in [0.25, 0.3) is 0 Å². The van der Waals surface area contributed by atoms with Crippen molar-refractivity contribution in [3.05, 3.63) is 30.9 Å². The Morgan fingerprint density at radius 3 is 2.88 bits per heavy atom. The molecule has 8 heteroatoms. The van der Waals surface area contributed by atoms with Gasteiger partial charge in [0.05, 0.1) is 12.4 Å². The molecule has 0 spiro atoms. The highest BCUT2D eigenvalue weighted by molar-refractivity contribution is 5.75. The summed E-state index contributed by atoms with van der Waals surface area (Å²) >= 11 is 0. The van der Waals surface area contributed by atoms with Crippen molar-refractivity contribution in [2.75, 3.05) is 31.1 Å². The van der Waals surface area contributed by atoms with E-state index in [0.717, 1.165) is 43.8 Å². The van der Waals surface area contributed by atoms with Gasteiger partial charge in [-0.25, -0.2) is 9.78 Å². The fourth-order valence-corrected chi connectivity index (χ4v) is 3.28. The number of hydrogen-bond acceptors (Lipinski definition) is 5. The van der Waals surface area contributed by atoms with Gasteiger partial charge in [0.2, 0.25) is 0 Å². The summed E-state index contributed by atoms with van der Waals surface area (Å²) in [5.41, 5.74) is 0.733. The molecule has 126 valence electrons. The van der Waals surface area contributed by atoms with Crippen LogP contribution in [0.3, 0.4) is 0 Å². The predicted octanol–water partition coefficient (Wildman–Crippen LogP) is 1.06. The Kier molecular flexibility index (Phi) is 4.02. The van der Waals surface area contributed by atoms with E-state index < -0.39 is 0 Å². The highest BCUT2D eigenvalue weighted by atomic mass is 16.2. The lowest BCUT2D eigenvalue weighted by molar-refractivity contribution is 0.191. The molecule has 0 unspecified atom stereocenters. The Morgan fingerprint density at radius 2 is 2.08 bits per heavy atom. The first-order chi connectivity index (χ1) is 11.8. The van der Waals surface area contributed by atoms with Crippen molar-refractivity contribution in [1.29, 1.82) is 0 Å². The molecule has 4 rings (SSSR count). The second-order valence-electron chi connectivity index (χ2n) is 6.18. The Labute approximate surface area is 140 Å². The smallest absolute Gasteiger partial charge is 0.317 e. The van der Waals surface area contributed by atoms with Crippen molar-refractivity contribution in [3.8, 4) is 0 Å². The average Bonchev–Trinajstić information content (AvgIpc) is 3.11. The van der Waals surface area contributed by atoms with E-state index in [2.05, 4.69) is 37.4 Å². The minimum absolute atomic E-state index is 0.0308. The number of carbonyl (C=O) groups is 1. The summed E-state index contributed by atoms with van der Waals surface area (Å²) in [5.74, 6) is 0.917. The minimum atomic E-state index is 0.0308. The Morgan fingerprint density at radius 1 is 1.21 bits per heavy atom. The van der Waals surface area contributed by atoms with E-state index in [1.807, 2.05) is 4.90 Å². The molecular formula is C16H21N7O. The number of aromatic nitrogens is 4. The third-order valence-electron chi connectivity index (χ3n) is 4.63. The van der Waals surface area contributed by atoms with Crippen LogP contribution in [-0.4, -0.2) is 62.7 Å². The van der Waals surface area contributed by atoms with Crippen molar-refractivity contribution in [2.45, 2.75) is 25.3 Å². The SMILES string of the molecule is O=C(N[C@H]1C=CCCC1)N1CCN(c2cncc3ncnn23)CC1. The van der Waals surface area contributed by atoms with E-state index in [1.54, 1.807) is 16.9 Å². The number of amides is 2. The quantitative estimate of drug-likeness (QED) is 0.835. The maximum atomic E-state index is 12.4. The first-order valence-corrected chi connectivity index (χ1v) is 8.42. The number of urea groups is 1. The number of piperazine rings is 1. The van der Waals surface area contributed by atoms with Crippen molar-refractivity contribution < 1.29 is 4.79 Å². The molecule has 1 saturated heterocycles. The van der Waals surface area contributed by atoms with Crippen LogP contribution in [0.1, 0.15) is 19.3 Å². The monoisotopic (exact) mass is 327 g/mol. The van der Waals surface area contributed by atoms with E-state index >= 15 is 0 Å². The van der Waals surface area contributed by atoms with Crippen LogP contribution >= 0.6 is 0 Å². The minimum Gasteiger partial charge on any atom is -0.352 e. The number of rotatable bonds is 2. The molecule has 0 bridgehead atoms. The number of allylic oxidation sites excluding steroid dienone is 1. The van der Waals surface area contributed by atoms with Crippen LogP contribution in [-0.2, 0) is 0 Å². The number of nitrogens with one attached hydrogen (secondary N) is 1. The third-order valence-corrected chi connectivity index (χ3v) is 4.63. The third kappa shape index (κ3) is 2.91. The summed E-state index contributed by atoms with van der Waals surface area (Å²) in [6.07, 6.45) is 12.6. The zero-order valence-corrected chi connectivity index (χ0v) is 13.5. The highest BCUT2D eigenvalue weighted by Crippen LogP contribution is 2.16. The van der Waals surface area contributed by atoms with Crippen LogP contribution < -0.4 is 10.2 Å². The lowest BCUT2D eigenvalue weighted by Crippen LogP contribution is -2.53. The lowest BCUT2D eigenvalue weighted by atomic mass is 10.0. The van der Waals surface area contributed by atoms with E-state index in [-0.39, 0.29) is 12.1 Å². The summed E-state index contributed by atoms with van der Waals surface area (Å²) in [7, 11) is 0. The Bertz CT molecular complexity index is 748. The molecule has 8 nitrogen and oxygen atoms in total. The van der Waals surface area contributed by atoms with Crippen LogP contribution in [0.5, 0.6) is 0 Å². The highest BCUT2D eigenvalue weighted by Gasteiger charge is 2.24.